The van der Waals surface area contributed by atoms with Crippen LogP contribution in [0.25, 0.3) is 11.1 Å². The summed E-state index contributed by atoms with van der Waals surface area (Å²) in [6, 6.07) is 6.03. The van der Waals surface area contributed by atoms with Crippen LogP contribution in [0.1, 0.15) is 11.1 Å². The number of halogens is 2. The van der Waals surface area contributed by atoms with Crippen molar-refractivity contribution >= 4 is 23.5 Å². The molecule has 0 bridgehead atoms. The molecule has 0 fully saturated rings. The fourth-order valence-electron chi connectivity index (χ4n) is 2.21. The standard InChI is InChI=1S/C16H10F2N2O2/c1-9-13(11-3-5-12(6-4-11)19-7-21)16(20-8-22)15(18)10(2)14(9)17/h3-6H,1-2H3. The van der Waals surface area contributed by atoms with Gasteiger partial charge in [-0.2, -0.15) is 9.98 Å². The van der Waals surface area contributed by atoms with Crippen molar-refractivity contribution in [2.24, 2.45) is 9.98 Å². The highest BCUT2D eigenvalue weighted by atomic mass is 19.1. The molecule has 0 unspecified atom stereocenters. The van der Waals surface area contributed by atoms with E-state index in [1.165, 1.54) is 50.3 Å². The molecule has 0 amide bonds. The van der Waals surface area contributed by atoms with E-state index < -0.39 is 11.6 Å². The molecule has 2 rings (SSSR count). The molecule has 0 heterocycles. The van der Waals surface area contributed by atoms with E-state index in [2.05, 4.69) is 9.98 Å². The van der Waals surface area contributed by atoms with E-state index >= 15 is 0 Å². The number of rotatable bonds is 3. The fraction of sp³-hybridized carbons (Fsp3) is 0.125. The van der Waals surface area contributed by atoms with Gasteiger partial charge >= 0.3 is 0 Å². The van der Waals surface area contributed by atoms with Crippen LogP contribution in [0.15, 0.2) is 34.3 Å². The van der Waals surface area contributed by atoms with Crippen LogP contribution in [0, 0.1) is 25.5 Å². The van der Waals surface area contributed by atoms with Gasteiger partial charge in [0.25, 0.3) is 0 Å². The third-order valence-electron chi connectivity index (χ3n) is 3.30. The molecule has 2 aromatic carbocycles. The van der Waals surface area contributed by atoms with Crippen molar-refractivity contribution in [2.75, 3.05) is 0 Å². The summed E-state index contributed by atoms with van der Waals surface area (Å²) in [4.78, 5) is 27.6. The summed E-state index contributed by atoms with van der Waals surface area (Å²) in [6.45, 7) is 2.74. The van der Waals surface area contributed by atoms with Gasteiger partial charge in [-0.1, -0.05) is 12.1 Å². The molecule has 0 aliphatic heterocycles. The molecule has 110 valence electrons. The lowest BCUT2D eigenvalue weighted by atomic mass is 9.95. The average Bonchev–Trinajstić information content (AvgIpc) is 2.52. The second-order valence-electron chi connectivity index (χ2n) is 4.55. The lowest BCUT2D eigenvalue weighted by Crippen LogP contribution is -1.98. The molecule has 0 N–H and O–H groups in total. The van der Waals surface area contributed by atoms with Crippen LogP contribution in [-0.4, -0.2) is 12.2 Å². The fourth-order valence-corrected chi connectivity index (χ4v) is 2.21. The predicted octanol–water partition coefficient (Wildman–Crippen LogP) is 4.18. The van der Waals surface area contributed by atoms with Crippen LogP contribution in [0.3, 0.4) is 0 Å². The van der Waals surface area contributed by atoms with Crippen LogP contribution in [0.5, 0.6) is 0 Å². The number of aliphatic imine (C=N–C) groups is 2. The Balaban J connectivity index is 2.78. The lowest BCUT2D eigenvalue weighted by Gasteiger charge is -2.13. The van der Waals surface area contributed by atoms with Crippen LogP contribution < -0.4 is 0 Å². The van der Waals surface area contributed by atoms with E-state index in [-0.39, 0.29) is 22.4 Å². The Bertz CT molecular complexity index is 832. The summed E-state index contributed by atoms with van der Waals surface area (Å²) in [5.74, 6) is -1.61. The minimum Gasteiger partial charge on any atom is -0.211 e. The Hall–Kier alpha value is -2.94. The van der Waals surface area contributed by atoms with Gasteiger partial charge in [0.2, 0.25) is 12.2 Å². The molecular formula is C16H10F2N2O2. The number of hydrogen-bond donors (Lipinski definition) is 0. The summed E-state index contributed by atoms with van der Waals surface area (Å²) in [7, 11) is 0. The predicted molar refractivity (Wildman–Crippen MR) is 76.8 cm³/mol. The molecule has 0 spiro atoms. The molecule has 0 aromatic heterocycles. The highest BCUT2D eigenvalue weighted by molar-refractivity contribution is 5.82. The lowest BCUT2D eigenvalue weighted by molar-refractivity contribution is 0.558. The smallest absolute Gasteiger partial charge is 0.211 e. The third kappa shape index (κ3) is 2.61. The van der Waals surface area contributed by atoms with Crippen molar-refractivity contribution in [3.8, 4) is 11.1 Å². The zero-order valence-electron chi connectivity index (χ0n) is 11.8. The molecule has 4 nitrogen and oxygen atoms in total. The molecule has 0 atom stereocenters. The van der Waals surface area contributed by atoms with Gasteiger partial charge in [-0.25, -0.2) is 18.4 Å². The van der Waals surface area contributed by atoms with E-state index in [1.54, 1.807) is 0 Å². The minimum absolute atomic E-state index is 0.158. The molecule has 2 aromatic rings. The third-order valence-corrected chi connectivity index (χ3v) is 3.30. The summed E-state index contributed by atoms with van der Waals surface area (Å²) in [5, 5.41) is 0. The van der Waals surface area contributed by atoms with Gasteiger partial charge in [-0.05, 0) is 37.1 Å². The maximum absolute atomic E-state index is 14.2. The van der Waals surface area contributed by atoms with Crippen LogP contribution in [-0.2, 0) is 9.59 Å². The van der Waals surface area contributed by atoms with Crippen molar-refractivity contribution in [2.45, 2.75) is 13.8 Å². The Morgan fingerprint density at radius 3 is 2.00 bits per heavy atom. The first-order chi connectivity index (χ1) is 10.5. The number of carbonyl (C=O) groups excluding carboxylic acids is 2. The van der Waals surface area contributed by atoms with Crippen molar-refractivity contribution in [1.29, 1.82) is 0 Å². The monoisotopic (exact) mass is 300 g/mol. The van der Waals surface area contributed by atoms with E-state index in [4.69, 9.17) is 0 Å². The Kier molecular flexibility index (Phi) is 4.37. The number of hydrogen-bond acceptors (Lipinski definition) is 4. The molecule has 22 heavy (non-hydrogen) atoms. The Morgan fingerprint density at radius 1 is 0.864 bits per heavy atom. The van der Waals surface area contributed by atoms with Gasteiger partial charge in [0.15, 0.2) is 5.82 Å². The van der Waals surface area contributed by atoms with Gasteiger partial charge in [-0.3, -0.25) is 0 Å². The van der Waals surface area contributed by atoms with Crippen molar-refractivity contribution in [3.63, 3.8) is 0 Å². The van der Waals surface area contributed by atoms with E-state index in [9.17, 15) is 18.4 Å². The average molecular weight is 300 g/mol. The van der Waals surface area contributed by atoms with Crippen molar-refractivity contribution < 1.29 is 18.4 Å². The summed E-state index contributed by atoms with van der Waals surface area (Å²) in [6.07, 6.45) is 2.68. The topological polar surface area (TPSA) is 58.9 Å². The molecule has 6 heteroatoms. The maximum Gasteiger partial charge on any atom is 0.240 e. The largest absolute Gasteiger partial charge is 0.240 e. The van der Waals surface area contributed by atoms with Gasteiger partial charge in [0.05, 0.1) is 5.69 Å². The molecular weight excluding hydrogens is 290 g/mol. The maximum atomic E-state index is 14.2. The summed E-state index contributed by atoms with van der Waals surface area (Å²) in [5.41, 5.74) is 0.639. The highest BCUT2D eigenvalue weighted by Gasteiger charge is 2.21. The van der Waals surface area contributed by atoms with Crippen LogP contribution in [0.2, 0.25) is 0 Å². The van der Waals surface area contributed by atoms with Crippen LogP contribution in [0.4, 0.5) is 20.2 Å². The zero-order valence-corrected chi connectivity index (χ0v) is 11.8. The molecule has 0 radical (unpaired) electrons. The first-order valence-electron chi connectivity index (χ1n) is 6.25. The Morgan fingerprint density at radius 2 is 1.45 bits per heavy atom. The molecule has 0 saturated carbocycles. The normalized spacial score (nSPS) is 9.82. The molecule has 0 saturated heterocycles. The molecule has 0 aliphatic carbocycles. The first kappa shape index (κ1) is 15.4. The van der Waals surface area contributed by atoms with Crippen molar-refractivity contribution in [1.82, 2.24) is 0 Å². The Labute approximate surface area is 124 Å². The van der Waals surface area contributed by atoms with E-state index in [0.717, 1.165) is 0 Å². The zero-order chi connectivity index (χ0) is 16.3. The van der Waals surface area contributed by atoms with Gasteiger partial charge in [0, 0.05) is 11.1 Å². The van der Waals surface area contributed by atoms with Gasteiger partial charge < -0.3 is 0 Å². The SMILES string of the molecule is Cc1c(F)c(C)c(-c2ccc(N=C=O)cc2)c(N=C=O)c1F. The summed E-state index contributed by atoms with van der Waals surface area (Å²) < 4.78 is 28.3. The second kappa shape index (κ2) is 6.22. The van der Waals surface area contributed by atoms with Gasteiger partial charge in [0.1, 0.15) is 11.5 Å². The number of nitrogens with zero attached hydrogens (tertiary/aromatic N) is 2. The second-order valence-corrected chi connectivity index (χ2v) is 4.55. The quantitative estimate of drug-likeness (QED) is 0.630. The van der Waals surface area contributed by atoms with Gasteiger partial charge in [-0.15, -0.1) is 0 Å². The minimum atomic E-state index is -0.906. The van der Waals surface area contributed by atoms with E-state index in [1.807, 2.05) is 0 Å². The first-order valence-corrected chi connectivity index (χ1v) is 6.25. The van der Waals surface area contributed by atoms with Crippen molar-refractivity contribution in [3.05, 3.63) is 47.0 Å². The molecule has 0 aliphatic rings. The summed E-state index contributed by atoms with van der Waals surface area (Å²) >= 11 is 0. The number of isocyanates is 2. The van der Waals surface area contributed by atoms with E-state index in [0.29, 0.717) is 11.3 Å². The van der Waals surface area contributed by atoms with Crippen LogP contribution >= 0.6 is 0 Å². The number of benzene rings is 2. The highest BCUT2D eigenvalue weighted by Crippen LogP contribution is 2.39.